The number of carbonyl (C=O) groups excluding carboxylic acids is 2. The Hall–Kier alpha value is -3.22. The molecule has 7 nitrogen and oxygen atoms in total. The second-order valence-electron chi connectivity index (χ2n) is 6.74. The zero-order chi connectivity index (χ0) is 19.4. The van der Waals surface area contributed by atoms with E-state index in [1.54, 1.807) is 12.4 Å². The van der Waals surface area contributed by atoms with Gasteiger partial charge < -0.3 is 10.6 Å². The maximum absolute atomic E-state index is 12.5. The van der Waals surface area contributed by atoms with Gasteiger partial charge in [0.1, 0.15) is 0 Å². The molecule has 27 heavy (non-hydrogen) atoms. The lowest BCUT2D eigenvalue weighted by molar-refractivity contribution is -0.120. The molecule has 0 spiro atoms. The number of aromatic nitrogens is 3. The zero-order valence-corrected chi connectivity index (χ0v) is 15.6. The van der Waals surface area contributed by atoms with Gasteiger partial charge in [0.15, 0.2) is 5.65 Å². The van der Waals surface area contributed by atoms with Crippen molar-refractivity contribution < 1.29 is 9.59 Å². The first-order valence-electron chi connectivity index (χ1n) is 8.89. The van der Waals surface area contributed by atoms with Gasteiger partial charge in [-0.15, -0.1) is 0 Å². The lowest BCUT2D eigenvalue weighted by Gasteiger charge is -2.18. The number of amides is 2. The Morgan fingerprint density at radius 1 is 1.15 bits per heavy atom. The van der Waals surface area contributed by atoms with E-state index in [4.69, 9.17) is 0 Å². The summed E-state index contributed by atoms with van der Waals surface area (Å²) in [6.07, 6.45) is 3.49. The van der Waals surface area contributed by atoms with E-state index in [1.165, 1.54) is 6.92 Å². The molecule has 3 aromatic rings. The summed E-state index contributed by atoms with van der Waals surface area (Å²) in [5, 5.41) is 10.9. The summed E-state index contributed by atoms with van der Waals surface area (Å²) in [4.78, 5) is 28.4. The maximum Gasteiger partial charge on any atom is 0.226 e. The van der Waals surface area contributed by atoms with Crippen LogP contribution in [-0.4, -0.2) is 26.6 Å². The van der Waals surface area contributed by atoms with Crippen LogP contribution >= 0.6 is 0 Å². The number of hydrogen-bond donors (Lipinski definition) is 2. The van der Waals surface area contributed by atoms with Crippen LogP contribution in [0.15, 0.2) is 48.8 Å². The minimum absolute atomic E-state index is 0.132. The first-order chi connectivity index (χ1) is 12.9. The minimum atomic E-state index is -0.385. The second-order valence-corrected chi connectivity index (χ2v) is 6.74. The van der Waals surface area contributed by atoms with Crippen LogP contribution in [0.1, 0.15) is 44.8 Å². The lowest BCUT2D eigenvalue weighted by Crippen LogP contribution is -2.29. The Morgan fingerprint density at radius 3 is 2.56 bits per heavy atom. The molecule has 0 saturated heterocycles. The number of nitrogens with zero attached hydrogens (tertiary/aromatic N) is 3. The normalized spacial score (nSPS) is 12.1. The van der Waals surface area contributed by atoms with E-state index >= 15 is 0 Å². The number of benzene rings is 1. The van der Waals surface area contributed by atoms with Crippen LogP contribution in [0.25, 0.3) is 11.0 Å². The number of pyridine rings is 1. The van der Waals surface area contributed by atoms with Crippen molar-refractivity contribution in [2.45, 2.75) is 39.3 Å². The maximum atomic E-state index is 12.5. The molecule has 2 N–H and O–H groups in total. The average molecular weight is 365 g/mol. The SMILES string of the molecule is CC(=O)N[C@@H](CC(=O)Nc1cnc2c(cnn2C(C)C)c1)c1ccccc1. The monoisotopic (exact) mass is 365 g/mol. The third-order valence-electron chi connectivity index (χ3n) is 4.18. The van der Waals surface area contributed by atoms with Crippen LogP contribution in [-0.2, 0) is 9.59 Å². The van der Waals surface area contributed by atoms with Crippen LogP contribution in [0, 0.1) is 0 Å². The fourth-order valence-electron chi connectivity index (χ4n) is 2.97. The minimum Gasteiger partial charge on any atom is -0.349 e. The molecule has 0 radical (unpaired) electrons. The number of fused-ring (bicyclic) bond motifs is 1. The number of rotatable bonds is 6. The molecular weight excluding hydrogens is 342 g/mol. The van der Waals surface area contributed by atoms with E-state index in [0.29, 0.717) is 5.69 Å². The molecule has 2 heterocycles. The Labute approximate surface area is 157 Å². The first kappa shape index (κ1) is 18.6. The van der Waals surface area contributed by atoms with Crippen molar-refractivity contribution >= 4 is 28.5 Å². The van der Waals surface area contributed by atoms with Gasteiger partial charge in [0.2, 0.25) is 11.8 Å². The molecule has 2 aromatic heterocycles. The van der Waals surface area contributed by atoms with Crippen LogP contribution in [0.2, 0.25) is 0 Å². The summed E-state index contributed by atoms with van der Waals surface area (Å²) in [6, 6.07) is 11.1. The third kappa shape index (κ3) is 4.49. The molecule has 0 fully saturated rings. The first-order valence-corrected chi connectivity index (χ1v) is 8.89. The molecule has 1 atom stereocenters. The summed E-state index contributed by atoms with van der Waals surface area (Å²) in [6.45, 7) is 5.52. The van der Waals surface area contributed by atoms with Crippen molar-refractivity contribution in [3.63, 3.8) is 0 Å². The molecule has 1 aromatic carbocycles. The van der Waals surface area contributed by atoms with Crippen LogP contribution in [0.4, 0.5) is 5.69 Å². The van der Waals surface area contributed by atoms with Crippen molar-refractivity contribution in [1.82, 2.24) is 20.1 Å². The fraction of sp³-hybridized carbons (Fsp3) is 0.300. The highest BCUT2D eigenvalue weighted by Crippen LogP contribution is 2.21. The van der Waals surface area contributed by atoms with Gasteiger partial charge in [-0.3, -0.25) is 9.59 Å². The smallest absolute Gasteiger partial charge is 0.226 e. The Bertz CT molecular complexity index is 949. The second kappa shape index (κ2) is 7.99. The van der Waals surface area contributed by atoms with Crippen molar-refractivity contribution in [1.29, 1.82) is 0 Å². The predicted molar refractivity (Wildman–Crippen MR) is 104 cm³/mol. The number of carbonyl (C=O) groups is 2. The summed E-state index contributed by atoms with van der Waals surface area (Å²) in [7, 11) is 0. The third-order valence-corrected chi connectivity index (χ3v) is 4.18. The standard InChI is InChI=1S/C20H23N5O2/c1-13(2)25-20-16(11-22-25)9-17(12-21-20)24-19(27)10-18(23-14(3)26)15-7-5-4-6-8-15/h4-9,11-13,18H,10H2,1-3H3,(H,23,26)(H,24,27)/t18-/m0/s1. The molecule has 0 aliphatic carbocycles. The zero-order valence-electron chi connectivity index (χ0n) is 15.6. The van der Waals surface area contributed by atoms with Gasteiger partial charge >= 0.3 is 0 Å². The molecule has 2 amide bonds. The van der Waals surface area contributed by atoms with E-state index in [9.17, 15) is 9.59 Å². The van der Waals surface area contributed by atoms with Crippen molar-refractivity contribution in [2.24, 2.45) is 0 Å². The van der Waals surface area contributed by atoms with Gasteiger partial charge in [-0.25, -0.2) is 9.67 Å². The largest absolute Gasteiger partial charge is 0.349 e. The van der Waals surface area contributed by atoms with Crippen LogP contribution in [0.3, 0.4) is 0 Å². The summed E-state index contributed by atoms with van der Waals surface area (Å²) in [5.41, 5.74) is 2.27. The Balaban J connectivity index is 1.73. The number of anilines is 1. The Kier molecular flexibility index (Phi) is 5.49. The topological polar surface area (TPSA) is 88.9 Å². The highest BCUT2D eigenvalue weighted by Gasteiger charge is 2.17. The van der Waals surface area contributed by atoms with E-state index in [-0.39, 0.29) is 30.3 Å². The number of hydrogen-bond acceptors (Lipinski definition) is 4. The summed E-state index contributed by atoms with van der Waals surface area (Å²) in [5.74, 6) is -0.379. The van der Waals surface area contributed by atoms with Crippen molar-refractivity contribution in [3.8, 4) is 0 Å². The Morgan fingerprint density at radius 2 is 1.89 bits per heavy atom. The van der Waals surface area contributed by atoms with E-state index in [0.717, 1.165) is 16.6 Å². The highest BCUT2D eigenvalue weighted by atomic mass is 16.2. The molecular formula is C20H23N5O2. The van der Waals surface area contributed by atoms with E-state index < -0.39 is 0 Å². The number of nitrogens with one attached hydrogen (secondary N) is 2. The lowest BCUT2D eigenvalue weighted by atomic mass is 10.0. The van der Waals surface area contributed by atoms with Crippen LogP contribution < -0.4 is 10.6 Å². The molecule has 0 saturated carbocycles. The summed E-state index contributed by atoms with van der Waals surface area (Å²) >= 11 is 0. The molecule has 140 valence electrons. The molecule has 0 bridgehead atoms. The van der Waals surface area contributed by atoms with Crippen LogP contribution in [0.5, 0.6) is 0 Å². The predicted octanol–water partition coefficient (Wildman–Crippen LogP) is 3.22. The average Bonchev–Trinajstić information content (AvgIpc) is 3.05. The quantitative estimate of drug-likeness (QED) is 0.702. The molecule has 0 unspecified atom stereocenters. The van der Waals surface area contributed by atoms with Gasteiger partial charge in [-0.1, -0.05) is 30.3 Å². The van der Waals surface area contributed by atoms with E-state index in [2.05, 4.69) is 20.7 Å². The molecule has 0 aliphatic heterocycles. The highest BCUT2D eigenvalue weighted by molar-refractivity contribution is 5.93. The van der Waals surface area contributed by atoms with Crippen molar-refractivity contribution in [2.75, 3.05) is 5.32 Å². The van der Waals surface area contributed by atoms with Gasteiger partial charge in [0.05, 0.1) is 30.5 Å². The summed E-state index contributed by atoms with van der Waals surface area (Å²) < 4.78 is 1.84. The fourth-order valence-corrected chi connectivity index (χ4v) is 2.97. The molecule has 0 aliphatic rings. The molecule has 3 rings (SSSR count). The van der Waals surface area contributed by atoms with Gasteiger partial charge in [0, 0.05) is 18.4 Å². The molecule has 7 heteroatoms. The van der Waals surface area contributed by atoms with E-state index in [1.807, 2.05) is 54.9 Å². The van der Waals surface area contributed by atoms with Gasteiger partial charge in [-0.05, 0) is 25.5 Å². The van der Waals surface area contributed by atoms with Gasteiger partial charge in [-0.2, -0.15) is 5.10 Å². The van der Waals surface area contributed by atoms with Crippen molar-refractivity contribution in [3.05, 3.63) is 54.4 Å². The van der Waals surface area contributed by atoms with Gasteiger partial charge in [0.25, 0.3) is 0 Å².